The highest BCUT2D eigenvalue weighted by Crippen LogP contribution is 2.62. The van der Waals surface area contributed by atoms with Gasteiger partial charge in [-0.3, -0.25) is 0 Å². The third kappa shape index (κ3) is 4.65. The van der Waals surface area contributed by atoms with Crippen molar-refractivity contribution in [2.45, 2.75) is 26.2 Å². The van der Waals surface area contributed by atoms with Crippen LogP contribution in [0.5, 0.6) is 11.5 Å². The van der Waals surface area contributed by atoms with E-state index in [2.05, 4.69) is 194 Å². The van der Waals surface area contributed by atoms with Crippen molar-refractivity contribution >= 4 is 34.1 Å². The van der Waals surface area contributed by atoms with Gasteiger partial charge in [0.15, 0.2) is 11.5 Å². The molecule has 0 spiro atoms. The Balaban J connectivity index is 1.16. The summed E-state index contributed by atoms with van der Waals surface area (Å²) in [6.07, 6.45) is 0. The standard InChI is InChI=1S/C46H36N2O/c1-31-13-12-20-41-44(31)48-40-19-11-10-18-39(40)46(2,3)43-38(29-30-42(49-41)45(43)48)34-23-27-37(28-24-34)47(35-16-8-5-9-17-35)36-25-21-33(22-26-36)32-14-6-4-7-15-32/h4-30H,1-3H3. The van der Waals surface area contributed by atoms with Gasteiger partial charge in [0.05, 0.1) is 17.1 Å². The molecule has 0 radical (unpaired) electrons. The molecule has 236 valence electrons. The van der Waals surface area contributed by atoms with Crippen molar-refractivity contribution in [3.05, 3.63) is 180 Å². The minimum absolute atomic E-state index is 0.257. The highest BCUT2D eigenvalue weighted by Gasteiger charge is 2.43. The molecule has 0 saturated carbocycles. The summed E-state index contributed by atoms with van der Waals surface area (Å²) in [6.45, 7) is 6.87. The average Bonchev–Trinajstić information content (AvgIpc) is 3.15. The van der Waals surface area contributed by atoms with Crippen LogP contribution in [0.3, 0.4) is 0 Å². The number of rotatable bonds is 5. The second-order valence-corrected chi connectivity index (χ2v) is 13.5. The van der Waals surface area contributed by atoms with Crippen LogP contribution in [0.1, 0.15) is 30.5 Å². The van der Waals surface area contributed by atoms with Crippen molar-refractivity contribution in [1.82, 2.24) is 0 Å². The summed E-state index contributed by atoms with van der Waals surface area (Å²) in [7, 11) is 0. The van der Waals surface area contributed by atoms with Gasteiger partial charge in [-0.1, -0.05) is 123 Å². The lowest BCUT2D eigenvalue weighted by Crippen LogP contribution is -2.33. The topological polar surface area (TPSA) is 15.7 Å². The molecule has 0 bridgehead atoms. The minimum Gasteiger partial charge on any atom is -0.453 e. The zero-order valence-electron chi connectivity index (χ0n) is 27.9. The SMILES string of the molecule is Cc1cccc2c1N1c3ccccc3C(C)(C)c3c(-c4ccc(N(c5ccccc5)c5ccc(-c6ccccc6)cc5)cc4)ccc(c31)O2. The molecule has 2 aliphatic heterocycles. The molecular formula is C46H36N2O. The Morgan fingerprint density at radius 3 is 1.78 bits per heavy atom. The predicted octanol–water partition coefficient (Wildman–Crippen LogP) is 13.0. The molecular weight excluding hydrogens is 597 g/mol. The number of ether oxygens (including phenoxy) is 1. The molecule has 0 unspecified atom stereocenters. The summed E-state index contributed by atoms with van der Waals surface area (Å²) in [5.74, 6) is 1.79. The summed E-state index contributed by atoms with van der Waals surface area (Å²) in [6, 6.07) is 58.6. The van der Waals surface area contributed by atoms with Gasteiger partial charge in [-0.15, -0.1) is 0 Å². The first-order chi connectivity index (χ1) is 24.0. The Morgan fingerprint density at radius 1 is 0.490 bits per heavy atom. The van der Waals surface area contributed by atoms with Gasteiger partial charge >= 0.3 is 0 Å². The first kappa shape index (κ1) is 29.1. The van der Waals surface area contributed by atoms with Crippen LogP contribution in [0, 0.1) is 6.92 Å². The van der Waals surface area contributed by atoms with E-state index in [-0.39, 0.29) is 5.41 Å². The van der Waals surface area contributed by atoms with E-state index in [0.717, 1.165) is 39.9 Å². The van der Waals surface area contributed by atoms with Crippen LogP contribution in [-0.4, -0.2) is 0 Å². The molecule has 9 rings (SSSR count). The van der Waals surface area contributed by atoms with E-state index in [4.69, 9.17) is 4.74 Å². The third-order valence-corrected chi connectivity index (χ3v) is 10.1. The summed E-state index contributed by atoms with van der Waals surface area (Å²) in [5.41, 5.74) is 15.1. The monoisotopic (exact) mass is 632 g/mol. The first-order valence-electron chi connectivity index (χ1n) is 16.9. The maximum atomic E-state index is 6.64. The van der Waals surface area contributed by atoms with Crippen LogP contribution >= 0.6 is 0 Å². The molecule has 2 heterocycles. The molecule has 7 aromatic rings. The fraction of sp³-hybridized carbons (Fsp3) is 0.0870. The minimum atomic E-state index is -0.257. The van der Waals surface area contributed by atoms with Crippen molar-refractivity contribution in [1.29, 1.82) is 0 Å². The maximum Gasteiger partial charge on any atom is 0.151 e. The summed E-state index contributed by atoms with van der Waals surface area (Å²) in [4.78, 5) is 4.76. The van der Waals surface area contributed by atoms with E-state index in [9.17, 15) is 0 Å². The lowest BCUT2D eigenvalue weighted by molar-refractivity contribution is 0.471. The fourth-order valence-electron chi connectivity index (χ4n) is 7.80. The van der Waals surface area contributed by atoms with E-state index < -0.39 is 0 Å². The zero-order chi connectivity index (χ0) is 33.1. The number of nitrogens with zero attached hydrogens (tertiary/aromatic N) is 2. The van der Waals surface area contributed by atoms with E-state index >= 15 is 0 Å². The van der Waals surface area contributed by atoms with E-state index in [1.54, 1.807) is 0 Å². The van der Waals surface area contributed by atoms with Crippen molar-refractivity contribution in [3.63, 3.8) is 0 Å². The van der Waals surface area contributed by atoms with Crippen LogP contribution in [-0.2, 0) is 5.41 Å². The summed E-state index contributed by atoms with van der Waals surface area (Å²) >= 11 is 0. The lowest BCUT2D eigenvalue weighted by Gasteiger charge is -2.46. The Kier molecular flexibility index (Phi) is 6.70. The van der Waals surface area contributed by atoms with Gasteiger partial charge in [-0.2, -0.15) is 0 Å². The first-order valence-corrected chi connectivity index (χ1v) is 16.9. The molecule has 0 atom stereocenters. The normalized spacial score (nSPS) is 13.5. The molecule has 0 amide bonds. The molecule has 2 aliphatic rings. The lowest BCUT2D eigenvalue weighted by atomic mass is 9.70. The zero-order valence-corrected chi connectivity index (χ0v) is 27.9. The Morgan fingerprint density at radius 2 is 1.06 bits per heavy atom. The number of benzene rings is 7. The average molecular weight is 633 g/mol. The van der Waals surface area contributed by atoms with Gasteiger partial charge < -0.3 is 14.5 Å². The van der Waals surface area contributed by atoms with Crippen LogP contribution in [0.25, 0.3) is 22.3 Å². The highest BCUT2D eigenvalue weighted by molar-refractivity contribution is 5.97. The smallest absolute Gasteiger partial charge is 0.151 e. The van der Waals surface area contributed by atoms with Gasteiger partial charge in [0, 0.05) is 22.5 Å². The molecule has 49 heavy (non-hydrogen) atoms. The van der Waals surface area contributed by atoms with E-state index in [0.29, 0.717) is 0 Å². The Bertz CT molecular complexity index is 2330. The number of hydrogen-bond donors (Lipinski definition) is 0. The van der Waals surface area contributed by atoms with Crippen molar-refractivity contribution in [3.8, 4) is 33.8 Å². The number of hydrogen-bond acceptors (Lipinski definition) is 3. The maximum absolute atomic E-state index is 6.64. The van der Waals surface area contributed by atoms with Gasteiger partial charge in [-0.25, -0.2) is 0 Å². The Labute approximate surface area is 288 Å². The van der Waals surface area contributed by atoms with Crippen LogP contribution < -0.4 is 14.5 Å². The highest BCUT2D eigenvalue weighted by atomic mass is 16.5. The molecule has 3 heteroatoms. The van der Waals surface area contributed by atoms with Gasteiger partial charge in [0.2, 0.25) is 0 Å². The summed E-state index contributed by atoms with van der Waals surface area (Å²) < 4.78 is 6.64. The van der Waals surface area contributed by atoms with Gasteiger partial charge in [0.1, 0.15) is 0 Å². The second kappa shape index (κ2) is 11.3. The molecule has 0 aliphatic carbocycles. The summed E-state index contributed by atoms with van der Waals surface area (Å²) in [5, 5.41) is 0. The predicted molar refractivity (Wildman–Crippen MR) is 204 cm³/mol. The van der Waals surface area contributed by atoms with E-state index in [1.807, 2.05) is 0 Å². The van der Waals surface area contributed by atoms with Gasteiger partial charge in [0.25, 0.3) is 0 Å². The van der Waals surface area contributed by atoms with Crippen molar-refractivity contribution < 1.29 is 4.74 Å². The van der Waals surface area contributed by atoms with Gasteiger partial charge in [-0.05, 0) is 100 Å². The molecule has 0 saturated heterocycles. The van der Waals surface area contributed by atoms with Crippen molar-refractivity contribution in [2.75, 3.05) is 9.80 Å². The third-order valence-electron chi connectivity index (χ3n) is 10.1. The molecule has 0 aromatic heterocycles. The second-order valence-electron chi connectivity index (χ2n) is 13.5. The fourth-order valence-corrected chi connectivity index (χ4v) is 7.80. The van der Waals surface area contributed by atoms with Crippen LogP contribution in [0.15, 0.2) is 164 Å². The van der Waals surface area contributed by atoms with Crippen molar-refractivity contribution in [2.24, 2.45) is 0 Å². The molecule has 7 aromatic carbocycles. The Hall–Kier alpha value is -6.06. The number of para-hydroxylation sites is 3. The van der Waals surface area contributed by atoms with Crippen LogP contribution in [0.4, 0.5) is 34.1 Å². The van der Waals surface area contributed by atoms with E-state index in [1.165, 1.54) is 44.6 Å². The molecule has 0 N–H and O–H groups in total. The van der Waals surface area contributed by atoms with Crippen LogP contribution in [0.2, 0.25) is 0 Å². The largest absolute Gasteiger partial charge is 0.453 e. The molecule has 0 fully saturated rings. The number of aryl methyl sites for hydroxylation is 1. The number of anilines is 6. The quantitative estimate of drug-likeness (QED) is 0.188. The number of fused-ring (bicyclic) bond motifs is 4. The molecule has 3 nitrogen and oxygen atoms in total.